The minimum absolute atomic E-state index is 0.0753. The van der Waals surface area contributed by atoms with Crippen LogP contribution in [0.1, 0.15) is 32.4 Å². The highest BCUT2D eigenvalue weighted by Gasteiger charge is 2.21. The van der Waals surface area contributed by atoms with E-state index >= 15 is 0 Å². The third kappa shape index (κ3) is 4.55. The van der Waals surface area contributed by atoms with Crippen molar-refractivity contribution in [2.45, 2.75) is 32.9 Å². The first-order valence-electron chi connectivity index (χ1n) is 6.53. The van der Waals surface area contributed by atoms with Crippen LogP contribution in [0.15, 0.2) is 24.3 Å². The van der Waals surface area contributed by atoms with Gasteiger partial charge >= 0.3 is 6.03 Å². The van der Waals surface area contributed by atoms with E-state index in [-0.39, 0.29) is 12.0 Å². The van der Waals surface area contributed by atoms with Crippen molar-refractivity contribution >= 4 is 17.6 Å². The highest BCUT2D eigenvalue weighted by molar-refractivity contribution is 5.93. The predicted octanol–water partition coefficient (Wildman–Crippen LogP) is 1.34. The van der Waals surface area contributed by atoms with Gasteiger partial charge in [-0.15, -0.1) is 0 Å². The molecule has 0 heterocycles. The summed E-state index contributed by atoms with van der Waals surface area (Å²) in [6, 6.07) is 5.94. The Bertz CT molecular complexity index is 486. The molecule has 1 aromatic rings. The summed E-state index contributed by atoms with van der Waals surface area (Å²) >= 11 is 0. The number of amides is 3. The zero-order valence-corrected chi connectivity index (χ0v) is 12.0. The lowest BCUT2D eigenvalue weighted by atomic mass is 10.0. The average molecular weight is 278 g/mol. The number of nitrogens with two attached hydrogens (primary N) is 2. The number of rotatable bonds is 5. The molecule has 2 atom stereocenters. The van der Waals surface area contributed by atoms with Crippen LogP contribution >= 0.6 is 0 Å². The Hall–Kier alpha value is -2.08. The second-order valence-electron chi connectivity index (χ2n) is 5.14. The molecule has 1 rings (SSSR count). The molecule has 0 aliphatic rings. The molecular formula is C14H22N4O2. The summed E-state index contributed by atoms with van der Waals surface area (Å²) in [5.41, 5.74) is 12.6. The van der Waals surface area contributed by atoms with Gasteiger partial charge in [-0.25, -0.2) is 4.79 Å². The summed E-state index contributed by atoms with van der Waals surface area (Å²) in [4.78, 5) is 23.1. The molecule has 0 saturated carbocycles. The van der Waals surface area contributed by atoms with E-state index < -0.39 is 18.0 Å². The second kappa shape index (κ2) is 6.91. The molecule has 6 nitrogen and oxygen atoms in total. The van der Waals surface area contributed by atoms with Gasteiger partial charge in [0, 0.05) is 11.7 Å². The third-order valence-electron chi connectivity index (χ3n) is 2.93. The molecule has 0 aromatic heterocycles. The summed E-state index contributed by atoms with van der Waals surface area (Å²) in [6.07, 6.45) is 0. The lowest BCUT2D eigenvalue weighted by Crippen LogP contribution is -2.49. The van der Waals surface area contributed by atoms with Crippen LogP contribution in [0.3, 0.4) is 0 Å². The van der Waals surface area contributed by atoms with E-state index in [9.17, 15) is 9.59 Å². The highest BCUT2D eigenvalue weighted by Crippen LogP contribution is 2.15. The first-order chi connectivity index (χ1) is 9.31. The lowest BCUT2D eigenvalue weighted by molar-refractivity contribution is -0.120. The molecule has 6 N–H and O–H groups in total. The van der Waals surface area contributed by atoms with Crippen LogP contribution in [-0.4, -0.2) is 18.0 Å². The van der Waals surface area contributed by atoms with E-state index in [0.29, 0.717) is 5.69 Å². The van der Waals surface area contributed by atoms with E-state index in [1.165, 1.54) is 0 Å². The molecule has 0 aliphatic carbocycles. The largest absolute Gasteiger partial charge is 0.368 e. The monoisotopic (exact) mass is 278 g/mol. The molecule has 110 valence electrons. The number of hydrogen-bond donors (Lipinski definition) is 4. The number of urea groups is 1. The van der Waals surface area contributed by atoms with Gasteiger partial charge in [-0.2, -0.15) is 0 Å². The van der Waals surface area contributed by atoms with Crippen molar-refractivity contribution < 1.29 is 9.59 Å². The molecule has 2 unspecified atom stereocenters. The van der Waals surface area contributed by atoms with Gasteiger partial charge in [0.2, 0.25) is 5.91 Å². The van der Waals surface area contributed by atoms with E-state index in [0.717, 1.165) is 5.56 Å². The fourth-order valence-electron chi connectivity index (χ4n) is 1.77. The van der Waals surface area contributed by atoms with Gasteiger partial charge in [0.1, 0.15) is 6.04 Å². The Morgan fingerprint density at radius 2 is 1.85 bits per heavy atom. The number of benzene rings is 1. The molecule has 0 radical (unpaired) electrons. The smallest absolute Gasteiger partial charge is 0.319 e. The van der Waals surface area contributed by atoms with Crippen LogP contribution in [0.5, 0.6) is 0 Å². The summed E-state index contributed by atoms with van der Waals surface area (Å²) in [5, 5.41) is 5.22. The van der Waals surface area contributed by atoms with Gasteiger partial charge in [-0.3, -0.25) is 4.79 Å². The number of hydrogen-bond acceptors (Lipinski definition) is 3. The van der Waals surface area contributed by atoms with Crippen LogP contribution in [0.25, 0.3) is 0 Å². The Morgan fingerprint density at radius 3 is 2.35 bits per heavy atom. The first-order valence-corrected chi connectivity index (χ1v) is 6.53. The van der Waals surface area contributed by atoms with Gasteiger partial charge in [0.15, 0.2) is 0 Å². The van der Waals surface area contributed by atoms with E-state index in [2.05, 4.69) is 10.6 Å². The number of anilines is 1. The van der Waals surface area contributed by atoms with E-state index in [1.807, 2.05) is 32.9 Å². The van der Waals surface area contributed by atoms with Crippen molar-refractivity contribution in [3.8, 4) is 0 Å². The maximum absolute atomic E-state index is 11.9. The Morgan fingerprint density at radius 1 is 1.20 bits per heavy atom. The summed E-state index contributed by atoms with van der Waals surface area (Å²) in [7, 11) is 0. The Kier molecular flexibility index (Phi) is 5.52. The quantitative estimate of drug-likeness (QED) is 0.652. The van der Waals surface area contributed by atoms with Crippen molar-refractivity contribution in [1.29, 1.82) is 0 Å². The van der Waals surface area contributed by atoms with Crippen molar-refractivity contribution in [3.05, 3.63) is 29.8 Å². The zero-order chi connectivity index (χ0) is 15.3. The number of carbonyl (C=O) groups is 2. The van der Waals surface area contributed by atoms with Gasteiger partial charge < -0.3 is 22.1 Å². The van der Waals surface area contributed by atoms with Crippen molar-refractivity contribution in [2.75, 3.05) is 5.32 Å². The number of primary amides is 1. The van der Waals surface area contributed by atoms with Crippen molar-refractivity contribution in [1.82, 2.24) is 5.32 Å². The average Bonchev–Trinajstić information content (AvgIpc) is 2.35. The standard InChI is InChI=1S/C14H22N4O2/c1-8(2)12(13(16)19)18-14(20)17-11-6-4-5-10(7-11)9(3)15/h4-9,12H,15H2,1-3H3,(H2,16,19)(H2,17,18,20). The molecule has 20 heavy (non-hydrogen) atoms. The summed E-state index contributed by atoms with van der Waals surface area (Å²) < 4.78 is 0. The molecule has 0 aliphatic heterocycles. The summed E-state index contributed by atoms with van der Waals surface area (Å²) in [5.74, 6) is -0.631. The van der Waals surface area contributed by atoms with E-state index in [1.54, 1.807) is 12.1 Å². The minimum Gasteiger partial charge on any atom is -0.368 e. The highest BCUT2D eigenvalue weighted by atomic mass is 16.2. The zero-order valence-electron chi connectivity index (χ0n) is 12.0. The van der Waals surface area contributed by atoms with Gasteiger partial charge in [0.05, 0.1) is 0 Å². The molecule has 0 spiro atoms. The molecule has 0 fully saturated rings. The summed E-state index contributed by atoms with van der Waals surface area (Å²) in [6.45, 7) is 5.49. The fraction of sp³-hybridized carbons (Fsp3) is 0.429. The maximum Gasteiger partial charge on any atom is 0.319 e. The Balaban J connectivity index is 2.71. The van der Waals surface area contributed by atoms with Crippen LogP contribution in [0.2, 0.25) is 0 Å². The lowest BCUT2D eigenvalue weighted by Gasteiger charge is -2.19. The van der Waals surface area contributed by atoms with Crippen LogP contribution in [-0.2, 0) is 4.79 Å². The Labute approximate surface area is 118 Å². The topological polar surface area (TPSA) is 110 Å². The number of nitrogens with one attached hydrogen (secondary N) is 2. The van der Waals surface area contributed by atoms with Gasteiger partial charge in [-0.1, -0.05) is 26.0 Å². The molecule has 1 aromatic carbocycles. The molecule has 0 saturated heterocycles. The number of carbonyl (C=O) groups excluding carboxylic acids is 2. The van der Waals surface area contributed by atoms with Crippen molar-refractivity contribution in [2.24, 2.45) is 17.4 Å². The SMILES string of the molecule is CC(N)c1cccc(NC(=O)NC(C(N)=O)C(C)C)c1. The predicted molar refractivity (Wildman–Crippen MR) is 79.0 cm³/mol. The van der Waals surface area contributed by atoms with Gasteiger partial charge in [0.25, 0.3) is 0 Å². The molecule has 0 bridgehead atoms. The fourth-order valence-corrected chi connectivity index (χ4v) is 1.77. The molecular weight excluding hydrogens is 256 g/mol. The molecule has 6 heteroatoms. The van der Waals surface area contributed by atoms with Crippen LogP contribution in [0, 0.1) is 5.92 Å². The maximum atomic E-state index is 11.9. The van der Waals surface area contributed by atoms with Crippen molar-refractivity contribution in [3.63, 3.8) is 0 Å². The first kappa shape index (κ1) is 16.0. The minimum atomic E-state index is -0.702. The van der Waals surface area contributed by atoms with Gasteiger partial charge in [-0.05, 0) is 30.5 Å². The third-order valence-corrected chi connectivity index (χ3v) is 2.93. The second-order valence-corrected chi connectivity index (χ2v) is 5.14. The van der Waals surface area contributed by atoms with Crippen LogP contribution < -0.4 is 22.1 Å². The normalized spacial score (nSPS) is 13.7. The van der Waals surface area contributed by atoms with Crippen LogP contribution in [0.4, 0.5) is 10.5 Å². The van der Waals surface area contributed by atoms with E-state index in [4.69, 9.17) is 11.5 Å². The molecule has 3 amide bonds.